The predicted molar refractivity (Wildman–Crippen MR) is 75.7 cm³/mol. The van der Waals surface area contributed by atoms with Crippen LogP contribution >= 0.6 is 0 Å². The highest BCUT2D eigenvalue weighted by atomic mass is 15.1. The second kappa shape index (κ2) is 7.70. The van der Waals surface area contributed by atoms with Gasteiger partial charge < -0.3 is 10.2 Å². The first-order valence-corrected chi connectivity index (χ1v) is 7.23. The maximum atomic E-state index is 4.71. The van der Waals surface area contributed by atoms with E-state index in [4.69, 9.17) is 4.99 Å². The second-order valence-corrected chi connectivity index (χ2v) is 5.04. The quantitative estimate of drug-likeness (QED) is 0.739. The van der Waals surface area contributed by atoms with Gasteiger partial charge in [0, 0.05) is 19.0 Å². The Morgan fingerprint density at radius 1 is 1.29 bits per heavy atom. The molecule has 0 aliphatic carbocycles. The molecule has 0 spiro atoms. The predicted octanol–water partition coefficient (Wildman–Crippen LogP) is 2.52. The maximum Gasteiger partial charge on any atom is 0.0969 e. The molecule has 3 nitrogen and oxygen atoms in total. The fourth-order valence-electron chi connectivity index (χ4n) is 2.56. The Morgan fingerprint density at radius 2 is 2.00 bits per heavy atom. The van der Waals surface area contributed by atoms with Gasteiger partial charge in [-0.3, -0.25) is 4.99 Å². The zero-order valence-corrected chi connectivity index (χ0v) is 12.0. The Kier molecular flexibility index (Phi) is 6.56. The molecule has 0 aromatic heterocycles. The standard InChI is InChI=1S/C14H29N3/c1-5-8-13-11-14(16-12(13)4)15-9-10-17(6-2)7-3/h12-13H,5-11H2,1-4H3,(H,15,16). The van der Waals surface area contributed by atoms with E-state index < -0.39 is 0 Å². The van der Waals surface area contributed by atoms with E-state index >= 15 is 0 Å². The molecule has 1 aliphatic rings. The van der Waals surface area contributed by atoms with Crippen molar-refractivity contribution in [3.05, 3.63) is 0 Å². The van der Waals surface area contributed by atoms with E-state index in [0.29, 0.717) is 6.04 Å². The van der Waals surface area contributed by atoms with Crippen molar-refractivity contribution in [2.24, 2.45) is 10.9 Å². The molecule has 1 heterocycles. The lowest BCUT2D eigenvalue weighted by molar-refractivity contribution is 0.313. The van der Waals surface area contributed by atoms with E-state index in [2.05, 4.69) is 37.9 Å². The van der Waals surface area contributed by atoms with Crippen LogP contribution < -0.4 is 5.32 Å². The minimum atomic E-state index is 0.613. The van der Waals surface area contributed by atoms with Crippen LogP contribution in [-0.2, 0) is 0 Å². The van der Waals surface area contributed by atoms with Crippen molar-refractivity contribution in [1.82, 2.24) is 10.2 Å². The topological polar surface area (TPSA) is 27.6 Å². The normalized spacial score (nSPS) is 26.8. The van der Waals surface area contributed by atoms with Gasteiger partial charge in [-0.25, -0.2) is 0 Å². The van der Waals surface area contributed by atoms with Gasteiger partial charge in [-0.15, -0.1) is 0 Å². The minimum Gasteiger partial charge on any atom is -0.371 e. The summed E-state index contributed by atoms with van der Waals surface area (Å²) in [6.45, 7) is 13.3. The molecule has 1 fully saturated rings. The van der Waals surface area contributed by atoms with Crippen molar-refractivity contribution in [3.63, 3.8) is 0 Å². The number of nitrogens with zero attached hydrogens (tertiary/aromatic N) is 2. The van der Waals surface area contributed by atoms with Crippen LogP contribution in [0.25, 0.3) is 0 Å². The molecule has 1 aliphatic heterocycles. The molecule has 1 saturated heterocycles. The highest BCUT2D eigenvalue weighted by Gasteiger charge is 2.26. The van der Waals surface area contributed by atoms with Gasteiger partial charge in [-0.05, 0) is 32.4 Å². The van der Waals surface area contributed by atoms with Crippen LogP contribution in [0.15, 0.2) is 4.99 Å². The fourth-order valence-corrected chi connectivity index (χ4v) is 2.56. The maximum absolute atomic E-state index is 4.71. The van der Waals surface area contributed by atoms with Gasteiger partial charge in [-0.2, -0.15) is 0 Å². The van der Waals surface area contributed by atoms with Crippen LogP contribution in [0.2, 0.25) is 0 Å². The van der Waals surface area contributed by atoms with Gasteiger partial charge in [0.25, 0.3) is 0 Å². The van der Waals surface area contributed by atoms with Gasteiger partial charge in [-0.1, -0.05) is 27.2 Å². The van der Waals surface area contributed by atoms with Crippen LogP contribution in [0.4, 0.5) is 0 Å². The summed E-state index contributed by atoms with van der Waals surface area (Å²) in [4.78, 5) is 7.13. The minimum absolute atomic E-state index is 0.613. The SMILES string of the molecule is CCCC1CC(=NCCN(CC)CC)NC1C. The molecular weight excluding hydrogens is 210 g/mol. The number of amidine groups is 1. The third-order valence-electron chi connectivity index (χ3n) is 3.83. The summed E-state index contributed by atoms with van der Waals surface area (Å²) >= 11 is 0. The van der Waals surface area contributed by atoms with E-state index in [1.807, 2.05) is 0 Å². The molecule has 100 valence electrons. The number of nitrogens with one attached hydrogen (secondary N) is 1. The smallest absolute Gasteiger partial charge is 0.0969 e. The highest BCUT2D eigenvalue weighted by molar-refractivity contribution is 5.84. The van der Waals surface area contributed by atoms with Crippen molar-refractivity contribution in [2.45, 2.75) is 53.0 Å². The molecule has 1 N–H and O–H groups in total. The van der Waals surface area contributed by atoms with E-state index in [1.165, 1.54) is 18.7 Å². The summed E-state index contributed by atoms with van der Waals surface area (Å²) < 4.78 is 0. The molecule has 2 unspecified atom stereocenters. The number of hydrogen-bond acceptors (Lipinski definition) is 2. The average Bonchev–Trinajstić information content (AvgIpc) is 2.66. The van der Waals surface area contributed by atoms with E-state index in [9.17, 15) is 0 Å². The number of rotatable bonds is 7. The lowest BCUT2D eigenvalue weighted by atomic mass is 9.97. The lowest BCUT2D eigenvalue weighted by Gasteiger charge is -2.16. The lowest BCUT2D eigenvalue weighted by Crippen LogP contribution is -2.28. The molecule has 3 heteroatoms. The second-order valence-electron chi connectivity index (χ2n) is 5.04. The summed E-state index contributed by atoms with van der Waals surface area (Å²) in [7, 11) is 0. The summed E-state index contributed by atoms with van der Waals surface area (Å²) in [6.07, 6.45) is 3.76. The largest absolute Gasteiger partial charge is 0.371 e. The monoisotopic (exact) mass is 239 g/mol. The van der Waals surface area contributed by atoms with Gasteiger partial charge in [0.15, 0.2) is 0 Å². The average molecular weight is 239 g/mol. The van der Waals surface area contributed by atoms with Gasteiger partial charge in [0.1, 0.15) is 0 Å². The fraction of sp³-hybridized carbons (Fsp3) is 0.929. The van der Waals surface area contributed by atoms with Crippen LogP contribution in [0.3, 0.4) is 0 Å². The molecule has 0 amide bonds. The van der Waals surface area contributed by atoms with Crippen molar-refractivity contribution >= 4 is 5.84 Å². The Morgan fingerprint density at radius 3 is 2.59 bits per heavy atom. The number of aliphatic imine (C=N–C) groups is 1. The van der Waals surface area contributed by atoms with Crippen LogP contribution in [0, 0.1) is 5.92 Å². The first-order valence-electron chi connectivity index (χ1n) is 7.23. The van der Waals surface area contributed by atoms with E-state index in [0.717, 1.165) is 38.5 Å². The third kappa shape index (κ3) is 4.66. The Labute approximate surface area is 107 Å². The van der Waals surface area contributed by atoms with E-state index in [1.54, 1.807) is 0 Å². The zero-order chi connectivity index (χ0) is 12.7. The van der Waals surface area contributed by atoms with Crippen molar-refractivity contribution < 1.29 is 0 Å². The Hall–Kier alpha value is -0.570. The van der Waals surface area contributed by atoms with Crippen molar-refractivity contribution in [2.75, 3.05) is 26.2 Å². The van der Waals surface area contributed by atoms with Crippen molar-refractivity contribution in [1.29, 1.82) is 0 Å². The molecule has 0 bridgehead atoms. The molecule has 1 rings (SSSR count). The number of likely N-dealkylation sites (N-methyl/N-ethyl adjacent to an activating group) is 1. The van der Waals surface area contributed by atoms with Gasteiger partial charge >= 0.3 is 0 Å². The zero-order valence-electron chi connectivity index (χ0n) is 12.0. The van der Waals surface area contributed by atoms with Crippen LogP contribution in [0.5, 0.6) is 0 Å². The summed E-state index contributed by atoms with van der Waals surface area (Å²) in [5.41, 5.74) is 0. The Balaban J connectivity index is 2.31. The Bertz CT molecular complexity index is 234. The van der Waals surface area contributed by atoms with Crippen LogP contribution in [-0.4, -0.2) is 43.0 Å². The summed E-state index contributed by atoms with van der Waals surface area (Å²) in [6, 6.07) is 0.613. The molecule has 0 aromatic rings. The van der Waals surface area contributed by atoms with Crippen molar-refractivity contribution in [3.8, 4) is 0 Å². The molecule has 0 saturated carbocycles. The van der Waals surface area contributed by atoms with Gasteiger partial charge in [0.05, 0.1) is 12.4 Å². The third-order valence-corrected chi connectivity index (χ3v) is 3.83. The molecule has 2 atom stereocenters. The molecular formula is C14H29N3. The molecule has 0 radical (unpaired) electrons. The number of hydrogen-bond donors (Lipinski definition) is 1. The molecule has 0 aromatic carbocycles. The van der Waals surface area contributed by atoms with Gasteiger partial charge in [0.2, 0.25) is 0 Å². The molecule has 17 heavy (non-hydrogen) atoms. The first-order chi connectivity index (χ1) is 8.21. The van der Waals surface area contributed by atoms with E-state index in [-0.39, 0.29) is 0 Å². The van der Waals surface area contributed by atoms with Crippen LogP contribution in [0.1, 0.15) is 47.0 Å². The summed E-state index contributed by atoms with van der Waals surface area (Å²) in [5, 5.41) is 3.53. The highest BCUT2D eigenvalue weighted by Crippen LogP contribution is 2.21. The first kappa shape index (κ1) is 14.5. The summed E-state index contributed by atoms with van der Waals surface area (Å²) in [5.74, 6) is 2.04.